The van der Waals surface area contributed by atoms with Crippen molar-refractivity contribution in [2.45, 2.75) is 90.4 Å². The van der Waals surface area contributed by atoms with Gasteiger partial charge in [-0.05, 0) is 82.1 Å². The van der Waals surface area contributed by atoms with E-state index in [0.717, 1.165) is 70.0 Å². The highest BCUT2D eigenvalue weighted by Crippen LogP contribution is 2.46. The van der Waals surface area contributed by atoms with E-state index >= 15 is 0 Å². The maximum Gasteiger partial charge on any atom is 0.334 e. The second-order valence-corrected chi connectivity index (χ2v) is 8.34. The Morgan fingerprint density at radius 1 is 1.31 bits per heavy atom. The molecule has 0 aromatic rings. The third-order valence-corrected chi connectivity index (χ3v) is 6.37. The highest BCUT2D eigenvalue weighted by molar-refractivity contribution is 5.91. The van der Waals surface area contributed by atoms with Crippen molar-refractivity contribution in [3.05, 3.63) is 22.8 Å². The topological polar surface area (TPSA) is 44.8 Å². The monoisotopic (exact) mass is 362 g/mol. The SMILES string of the molecule is COC(=O)C1=C(C)CCC[C@@]1(C)CCC1=CCC[C@@H]1O[C@@H]1CCCCO1. The second-order valence-electron chi connectivity index (χ2n) is 8.34. The van der Waals surface area contributed by atoms with Crippen molar-refractivity contribution in [3.63, 3.8) is 0 Å². The highest BCUT2D eigenvalue weighted by atomic mass is 16.7. The lowest BCUT2D eigenvalue weighted by molar-refractivity contribution is -0.180. The predicted octanol–water partition coefficient (Wildman–Crippen LogP) is 5.08. The Morgan fingerprint density at radius 2 is 2.15 bits per heavy atom. The Bertz CT molecular complexity index is 571. The quantitative estimate of drug-likeness (QED) is 0.488. The van der Waals surface area contributed by atoms with Crippen LogP contribution in [0.1, 0.15) is 78.1 Å². The van der Waals surface area contributed by atoms with Crippen molar-refractivity contribution >= 4 is 5.97 Å². The Labute approximate surface area is 158 Å². The van der Waals surface area contributed by atoms with Gasteiger partial charge >= 0.3 is 5.97 Å². The largest absolute Gasteiger partial charge is 0.466 e. The van der Waals surface area contributed by atoms with Crippen LogP contribution >= 0.6 is 0 Å². The zero-order chi connectivity index (χ0) is 18.6. The lowest BCUT2D eigenvalue weighted by Crippen LogP contribution is -2.31. The Balaban J connectivity index is 1.62. The van der Waals surface area contributed by atoms with Gasteiger partial charge in [0.2, 0.25) is 0 Å². The van der Waals surface area contributed by atoms with Gasteiger partial charge in [-0.1, -0.05) is 18.6 Å². The van der Waals surface area contributed by atoms with E-state index in [9.17, 15) is 4.79 Å². The van der Waals surface area contributed by atoms with Gasteiger partial charge in [-0.2, -0.15) is 0 Å². The smallest absolute Gasteiger partial charge is 0.334 e. The molecule has 26 heavy (non-hydrogen) atoms. The van der Waals surface area contributed by atoms with Gasteiger partial charge in [-0.15, -0.1) is 0 Å². The van der Waals surface area contributed by atoms with E-state index in [2.05, 4.69) is 19.9 Å². The first-order valence-electron chi connectivity index (χ1n) is 10.3. The van der Waals surface area contributed by atoms with Gasteiger partial charge in [0.05, 0.1) is 13.2 Å². The number of rotatable bonds is 6. The molecule has 0 aromatic heterocycles. The predicted molar refractivity (Wildman–Crippen MR) is 102 cm³/mol. The van der Waals surface area contributed by atoms with E-state index in [1.807, 2.05) is 0 Å². The molecule has 4 nitrogen and oxygen atoms in total. The summed E-state index contributed by atoms with van der Waals surface area (Å²) >= 11 is 0. The summed E-state index contributed by atoms with van der Waals surface area (Å²) in [7, 11) is 1.49. The minimum atomic E-state index is -0.145. The summed E-state index contributed by atoms with van der Waals surface area (Å²) in [5, 5.41) is 0. The van der Waals surface area contributed by atoms with Crippen molar-refractivity contribution in [1.82, 2.24) is 0 Å². The average Bonchev–Trinajstić information content (AvgIpc) is 3.07. The molecule has 3 atom stereocenters. The van der Waals surface area contributed by atoms with E-state index in [1.165, 1.54) is 24.7 Å². The number of methoxy groups -OCH3 is 1. The number of ether oxygens (including phenoxy) is 3. The molecule has 1 aliphatic heterocycles. The van der Waals surface area contributed by atoms with Crippen molar-refractivity contribution < 1.29 is 19.0 Å². The number of esters is 1. The summed E-state index contributed by atoms with van der Waals surface area (Å²) in [4.78, 5) is 12.4. The Hall–Kier alpha value is -1.13. The minimum Gasteiger partial charge on any atom is -0.466 e. The van der Waals surface area contributed by atoms with Gasteiger partial charge in [0.1, 0.15) is 0 Å². The van der Waals surface area contributed by atoms with Crippen LogP contribution in [-0.2, 0) is 19.0 Å². The third-order valence-electron chi connectivity index (χ3n) is 6.37. The van der Waals surface area contributed by atoms with E-state index in [1.54, 1.807) is 0 Å². The van der Waals surface area contributed by atoms with E-state index in [0.29, 0.717) is 0 Å². The highest BCUT2D eigenvalue weighted by Gasteiger charge is 2.38. The first kappa shape index (κ1) is 19.6. The van der Waals surface area contributed by atoms with Crippen LogP contribution in [0.5, 0.6) is 0 Å². The summed E-state index contributed by atoms with van der Waals surface area (Å²) in [5.74, 6) is -0.145. The fraction of sp³-hybridized carbons (Fsp3) is 0.773. The zero-order valence-electron chi connectivity index (χ0n) is 16.6. The summed E-state index contributed by atoms with van der Waals surface area (Å²) in [5.41, 5.74) is 3.42. The number of carbonyl (C=O) groups excluding carboxylic acids is 1. The van der Waals surface area contributed by atoms with Crippen LogP contribution < -0.4 is 0 Å². The summed E-state index contributed by atoms with van der Waals surface area (Å²) in [6.45, 7) is 5.14. The van der Waals surface area contributed by atoms with Crippen LogP contribution in [0.25, 0.3) is 0 Å². The van der Waals surface area contributed by atoms with Gasteiger partial charge in [-0.25, -0.2) is 4.79 Å². The summed E-state index contributed by atoms with van der Waals surface area (Å²) in [6, 6.07) is 0. The second kappa shape index (κ2) is 8.71. The molecule has 146 valence electrons. The normalized spacial score (nSPS) is 32.5. The van der Waals surface area contributed by atoms with E-state index < -0.39 is 0 Å². The number of hydrogen-bond acceptors (Lipinski definition) is 4. The molecule has 2 aliphatic carbocycles. The Kier molecular flexibility index (Phi) is 6.57. The minimum absolute atomic E-state index is 0.0340. The average molecular weight is 363 g/mol. The fourth-order valence-corrected chi connectivity index (χ4v) is 4.86. The van der Waals surface area contributed by atoms with Gasteiger partial charge in [-0.3, -0.25) is 0 Å². The number of allylic oxidation sites excluding steroid dienone is 2. The van der Waals surface area contributed by atoms with Crippen molar-refractivity contribution in [2.24, 2.45) is 5.41 Å². The molecule has 0 saturated carbocycles. The molecule has 3 aliphatic rings. The molecule has 0 spiro atoms. The zero-order valence-corrected chi connectivity index (χ0v) is 16.6. The molecular weight excluding hydrogens is 328 g/mol. The van der Waals surface area contributed by atoms with Crippen molar-refractivity contribution in [3.8, 4) is 0 Å². The van der Waals surface area contributed by atoms with Crippen LogP contribution in [0.15, 0.2) is 22.8 Å². The molecule has 0 N–H and O–H groups in total. The lowest BCUT2D eigenvalue weighted by atomic mass is 9.68. The molecule has 1 saturated heterocycles. The van der Waals surface area contributed by atoms with Gasteiger partial charge in [0.25, 0.3) is 0 Å². The van der Waals surface area contributed by atoms with Crippen LogP contribution in [-0.4, -0.2) is 32.1 Å². The Morgan fingerprint density at radius 3 is 2.88 bits per heavy atom. The lowest BCUT2D eigenvalue weighted by Gasteiger charge is -2.37. The first-order chi connectivity index (χ1) is 12.5. The van der Waals surface area contributed by atoms with Gasteiger partial charge in [0, 0.05) is 12.2 Å². The van der Waals surface area contributed by atoms with Crippen LogP contribution in [0.3, 0.4) is 0 Å². The molecule has 0 bridgehead atoms. The van der Waals surface area contributed by atoms with Gasteiger partial charge in [0.15, 0.2) is 6.29 Å². The molecule has 3 rings (SSSR count). The third kappa shape index (κ3) is 4.40. The molecule has 1 heterocycles. The number of carbonyl (C=O) groups is 1. The van der Waals surface area contributed by atoms with Crippen LogP contribution in [0, 0.1) is 5.41 Å². The standard InChI is InChI=1S/C22H34O4/c1-16-8-7-13-22(2,20(16)21(23)24-3)14-12-17-9-6-10-18(17)26-19-11-4-5-15-25-19/h9,18-19H,4-8,10-15H2,1-3H3/t18-,19+,22-/m0/s1. The van der Waals surface area contributed by atoms with Crippen LogP contribution in [0.2, 0.25) is 0 Å². The van der Waals surface area contributed by atoms with E-state index in [4.69, 9.17) is 14.2 Å². The maximum atomic E-state index is 12.4. The fourth-order valence-electron chi connectivity index (χ4n) is 4.86. The first-order valence-corrected chi connectivity index (χ1v) is 10.3. The molecular formula is C22H34O4. The molecule has 0 amide bonds. The molecule has 0 aromatic carbocycles. The van der Waals surface area contributed by atoms with E-state index in [-0.39, 0.29) is 23.8 Å². The van der Waals surface area contributed by atoms with Crippen LogP contribution in [0.4, 0.5) is 0 Å². The van der Waals surface area contributed by atoms with Crippen molar-refractivity contribution in [2.75, 3.05) is 13.7 Å². The van der Waals surface area contributed by atoms with Crippen molar-refractivity contribution in [1.29, 1.82) is 0 Å². The molecule has 0 radical (unpaired) electrons. The molecule has 4 heteroatoms. The summed E-state index contributed by atoms with van der Waals surface area (Å²) in [6.07, 6.45) is 13.2. The molecule has 1 fully saturated rings. The summed E-state index contributed by atoms with van der Waals surface area (Å²) < 4.78 is 17.1. The molecule has 0 unspecified atom stereocenters. The van der Waals surface area contributed by atoms with Gasteiger partial charge < -0.3 is 14.2 Å². The maximum absolute atomic E-state index is 12.4. The number of hydrogen-bond donors (Lipinski definition) is 0.